The highest BCUT2D eigenvalue weighted by Crippen LogP contribution is 2.48. The van der Waals surface area contributed by atoms with E-state index in [-0.39, 0.29) is 5.91 Å². The van der Waals surface area contributed by atoms with Crippen LogP contribution in [0.5, 0.6) is 0 Å². The van der Waals surface area contributed by atoms with E-state index < -0.39 is 0 Å². The molecular formula is C23H35N5O. The summed E-state index contributed by atoms with van der Waals surface area (Å²) in [5.74, 6) is 1.21. The number of carbonyl (C=O) groups is 1. The number of rotatable bonds is 8. The fraction of sp³-hybridized carbons (Fsp3) is 0.652. The zero-order valence-electron chi connectivity index (χ0n) is 17.7. The highest BCUT2D eigenvalue weighted by Gasteiger charge is 2.42. The standard InChI is InChI=1S/C23H35N5O/c1-2-24-22(25-18-23(10-11-23)16-19-6-4-3-5-7-19)28-14-12-27(13-15-28)17-21(29)26-20-8-9-20/h3-7,20H,2,8-18H2,1H3,(H,24,25)(H,26,29). The molecule has 2 N–H and O–H groups in total. The first-order valence-corrected chi connectivity index (χ1v) is 11.2. The average Bonchev–Trinajstić information content (AvgIpc) is 3.65. The second-order valence-corrected chi connectivity index (χ2v) is 8.94. The minimum absolute atomic E-state index is 0.179. The molecule has 1 heterocycles. The van der Waals surface area contributed by atoms with Crippen molar-refractivity contribution < 1.29 is 4.79 Å². The predicted molar refractivity (Wildman–Crippen MR) is 117 cm³/mol. The van der Waals surface area contributed by atoms with Crippen LogP contribution in [0.3, 0.4) is 0 Å². The van der Waals surface area contributed by atoms with Gasteiger partial charge in [0.05, 0.1) is 6.54 Å². The topological polar surface area (TPSA) is 60.0 Å². The van der Waals surface area contributed by atoms with Gasteiger partial charge >= 0.3 is 0 Å². The number of hydrogen-bond acceptors (Lipinski definition) is 3. The number of hydrogen-bond donors (Lipinski definition) is 2. The molecular weight excluding hydrogens is 362 g/mol. The minimum atomic E-state index is 0.179. The SMILES string of the molecule is CCNC(=NCC1(Cc2ccccc2)CC1)N1CCN(CC(=O)NC2CC2)CC1. The molecule has 0 bridgehead atoms. The van der Waals surface area contributed by atoms with E-state index >= 15 is 0 Å². The van der Waals surface area contributed by atoms with Crippen molar-refractivity contribution in [1.29, 1.82) is 0 Å². The maximum absolute atomic E-state index is 12.0. The van der Waals surface area contributed by atoms with Gasteiger partial charge in [-0.2, -0.15) is 0 Å². The van der Waals surface area contributed by atoms with E-state index in [1.54, 1.807) is 0 Å². The zero-order valence-corrected chi connectivity index (χ0v) is 17.7. The molecule has 0 radical (unpaired) electrons. The Morgan fingerprint density at radius 2 is 1.86 bits per heavy atom. The molecule has 2 aliphatic carbocycles. The first kappa shape index (κ1) is 20.2. The van der Waals surface area contributed by atoms with Crippen LogP contribution in [0.25, 0.3) is 0 Å². The number of guanidine groups is 1. The summed E-state index contributed by atoms with van der Waals surface area (Å²) in [4.78, 5) is 21.7. The van der Waals surface area contributed by atoms with Crippen molar-refractivity contribution in [3.05, 3.63) is 35.9 Å². The van der Waals surface area contributed by atoms with Crippen molar-refractivity contribution >= 4 is 11.9 Å². The quantitative estimate of drug-likeness (QED) is 0.519. The fourth-order valence-electron chi connectivity index (χ4n) is 4.09. The average molecular weight is 398 g/mol. The normalized spacial score (nSPS) is 21.7. The zero-order chi connectivity index (χ0) is 20.1. The number of benzene rings is 1. The van der Waals surface area contributed by atoms with Crippen LogP contribution in [0, 0.1) is 5.41 Å². The van der Waals surface area contributed by atoms with Gasteiger partial charge < -0.3 is 15.5 Å². The van der Waals surface area contributed by atoms with Crippen molar-refractivity contribution in [1.82, 2.24) is 20.4 Å². The van der Waals surface area contributed by atoms with Crippen LogP contribution >= 0.6 is 0 Å². The molecule has 1 aliphatic heterocycles. The summed E-state index contributed by atoms with van der Waals surface area (Å²) in [6.45, 7) is 8.11. The second-order valence-electron chi connectivity index (χ2n) is 8.94. The van der Waals surface area contributed by atoms with Gasteiger partial charge in [-0.3, -0.25) is 14.7 Å². The Labute approximate surface area is 174 Å². The Bertz CT molecular complexity index is 703. The molecule has 0 aromatic heterocycles. The third-order valence-corrected chi connectivity index (χ3v) is 6.26. The van der Waals surface area contributed by atoms with E-state index in [0.29, 0.717) is 18.0 Å². The van der Waals surface area contributed by atoms with Crippen LogP contribution < -0.4 is 10.6 Å². The number of amides is 1. The molecule has 4 rings (SSSR count). The molecule has 6 nitrogen and oxygen atoms in total. The van der Waals surface area contributed by atoms with Gasteiger partial charge in [-0.25, -0.2) is 0 Å². The molecule has 1 aromatic rings. The lowest BCUT2D eigenvalue weighted by molar-refractivity contribution is -0.122. The summed E-state index contributed by atoms with van der Waals surface area (Å²) >= 11 is 0. The highest BCUT2D eigenvalue weighted by atomic mass is 16.2. The number of piperazine rings is 1. The van der Waals surface area contributed by atoms with Gasteiger partial charge in [-0.05, 0) is 50.0 Å². The predicted octanol–water partition coefficient (Wildman–Crippen LogP) is 1.87. The Balaban J connectivity index is 1.28. The number of nitrogens with one attached hydrogen (secondary N) is 2. The van der Waals surface area contributed by atoms with E-state index in [4.69, 9.17) is 4.99 Å². The van der Waals surface area contributed by atoms with Crippen molar-refractivity contribution in [3.63, 3.8) is 0 Å². The summed E-state index contributed by atoms with van der Waals surface area (Å²) in [6, 6.07) is 11.2. The van der Waals surface area contributed by atoms with Gasteiger partial charge in [0.15, 0.2) is 5.96 Å². The van der Waals surface area contributed by atoms with E-state index in [2.05, 4.69) is 57.7 Å². The first-order chi connectivity index (χ1) is 14.2. The summed E-state index contributed by atoms with van der Waals surface area (Å²) < 4.78 is 0. The lowest BCUT2D eigenvalue weighted by Gasteiger charge is -2.36. The molecule has 0 spiro atoms. The molecule has 3 aliphatic rings. The van der Waals surface area contributed by atoms with E-state index in [1.165, 1.54) is 18.4 Å². The van der Waals surface area contributed by atoms with Crippen LogP contribution in [0.1, 0.15) is 38.2 Å². The van der Waals surface area contributed by atoms with Crippen molar-refractivity contribution in [3.8, 4) is 0 Å². The first-order valence-electron chi connectivity index (χ1n) is 11.2. The molecule has 2 saturated carbocycles. The number of aliphatic imine (C=N–C) groups is 1. The van der Waals surface area contributed by atoms with E-state index in [9.17, 15) is 4.79 Å². The molecule has 6 heteroatoms. The van der Waals surface area contributed by atoms with Crippen LogP contribution in [-0.2, 0) is 11.2 Å². The Kier molecular flexibility index (Phi) is 6.38. The fourth-order valence-corrected chi connectivity index (χ4v) is 4.09. The van der Waals surface area contributed by atoms with Crippen LogP contribution in [-0.4, -0.2) is 73.5 Å². The van der Waals surface area contributed by atoms with E-state index in [0.717, 1.165) is 64.5 Å². The Hall–Kier alpha value is -2.08. The third-order valence-electron chi connectivity index (χ3n) is 6.26. The molecule has 1 saturated heterocycles. The molecule has 1 amide bonds. The summed E-state index contributed by atoms with van der Waals surface area (Å²) in [7, 11) is 0. The van der Waals surface area contributed by atoms with Crippen molar-refractivity contribution in [2.75, 3.05) is 45.8 Å². The molecule has 0 unspecified atom stereocenters. The van der Waals surface area contributed by atoms with Crippen molar-refractivity contribution in [2.24, 2.45) is 10.4 Å². The van der Waals surface area contributed by atoms with Gasteiger partial charge in [0, 0.05) is 45.3 Å². The van der Waals surface area contributed by atoms with Gasteiger partial charge in [0.25, 0.3) is 0 Å². The highest BCUT2D eigenvalue weighted by molar-refractivity contribution is 5.80. The Morgan fingerprint density at radius 3 is 2.48 bits per heavy atom. The van der Waals surface area contributed by atoms with Gasteiger partial charge in [-0.1, -0.05) is 30.3 Å². The third kappa shape index (κ3) is 5.95. The summed E-state index contributed by atoms with van der Waals surface area (Å²) in [5.41, 5.74) is 1.77. The van der Waals surface area contributed by atoms with Crippen LogP contribution in [0.2, 0.25) is 0 Å². The molecule has 1 aromatic carbocycles. The van der Waals surface area contributed by atoms with Gasteiger partial charge in [0.1, 0.15) is 0 Å². The van der Waals surface area contributed by atoms with E-state index in [1.807, 2.05) is 0 Å². The smallest absolute Gasteiger partial charge is 0.234 e. The van der Waals surface area contributed by atoms with Crippen LogP contribution in [0.15, 0.2) is 35.3 Å². The van der Waals surface area contributed by atoms with Crippen LogP contribution in [0.4, 0.5) is 0 Å². The lowest BCUT2D eigenvalue weighted by Crippen LogP contribution is -2.54. The number of nitrogens with zero attached hydrogens (tertiary/aromatic N) is 3. The summed E-state index contributed by atoms with van der Waals surface area (Å²) in [5, 5.41) is 6.57. The summed E-state index contributed by atoms with van der Waals surface area (Å²) in [6.07, 6.45) is 5.96. The second kappa shape index (κ2) is 9.16. The molecule has 0 atom stereocenters. The minimum Gasteiger partial charge on any atom is -0.357 e. The molecule has 29 heavy (non-hydrogen) atoms. The van der Waals surface area contributed by atoms with Crippen molar-refractivity contribution in [2.45, 2.75) is 45.1 Å². The largest absolute Gasteiger partial charge is 0.357 e. The lowest BCUT2D eigenvalue weighted by atomic mass is 9.97. The molecule has 3 fully saturated rings. The molecule has 158 valence electrons. The number of carbonyl (C=O) groups excluding carboxylic acids is 1. The monoisotopic (exact) mass is 397 g/mol. The Morgan fingerprint density at radius 1 is 1.14 bits per heavy atom. The van der Waals surface area contributed by atoms with Gasteiger partial charge in [0.2, 0.25) is 5.91 Å². The maximum Gasteiger partial charge on any atom is 0.234 e. The maximum atomic E-state index is 12.0. The van der Waals surface area contributed by atoms with Gasteiger partial charge in [-0.15, -0.1) is 0 Å².